The maximum atomic E-state index is 13.4. The van der Waals surface area contributed by atoms with Gasteiger partial charge in [0.2, 0.25) is 5.75 Å². The average molecular weight is 450 g/mol. The molecule has 0 fully saturated rings. The van der Waals surface area contributed by atoms with Crippen LogP contribution in [0, 0.1) is 0 Å². The van der Waals surface area contributed by atoms with Gasteiger partial charge >= 0.3 is 0 Å². The van der Waals surface area contributed by atoms with E-state index in [-0.39, 0.29) is 27.0 Å². The highest BCUT2D eigenvalue weighted by Crippen LogP contribution is 2.42. The Morgan fingerprint density at radius 3 is 1.40 bits per heavy atom. The van der Waals surface area contributed by atoms with E-state index in [9.17, 15) is 21.9 Å². The van der Waals surface area contributed by atoms with E-state index in [1.165, 1.54) is 62.8 Å². The molecular formula is C20H19NO7S2. The molecule has 3 aromatic carbocycles. The SMILES string of the molecule is COc1cc(N(S(=O)(=O)c2ccccc2)S(=O)(=O)c2ccccc2)cc(OC)c1O. The first kappa shape index (κ1) is 21.5. The zero-order valence-electron chi connectivity index (χ0n) is 16.1. The van der Waals surface area contributed by atoms with Crippen LogP contribution in [0.15, 0.2) is 82.6 Å². The summed E-state index contributed by atoms with van der Waals surface area (Å²) in [5.41, 5.74) is -0.283. The lowest BCUT2D eigenvalue weighted by Gasteiger charge is -2.25. The van der Waals surface area contributed by atoms with Crippen molar-refractivity contribution in [3.8, 4) is 17.2 Å². The fraction of sp³-hybridized carbons (Fsp3) is 0.100. The number of methoxy groups -OCH3 is 2. The lowest BCUT2D eigenvalue weighted by atomic mass is 10.2. The van der Waals surface area contributed by atoms with Crippen molar-refractivity contribution in [1.29, 1.82) is 0 Å². The number of aromatic hydroxyl groups is 1. The molecule has 0 amide bonds. The molecule has 0 aliphatic carbocycles. The van der Waals surface area contributed by atoms with Gasteiger partial charge in [-0.05, 0) is 24.3 Å². The van der Waals surface area contributed by atoms with Crippen molar-refractivity contribution >= 4 is 25.7 Å². The molecule has 3 aromatic rings. The van der Waals surface area contributed by atoms with Gasteiger partial charge in [0, 0.05) is 12.1 Å². The minimum atomic E-state index is -4.57. The third-order valence-corrected chi connectivity index (χ3v) is 8.40. The summed E-state index contributed by atoms with van der Waals surface area (Å²) in [6.07, 6.45) is 0. The maximum Gasteiger partial charge on any atom is 0.277 e. The molecule has 0 spiro atoms. The van der Waals surface area contributed by atoms with Gasteiger partial charge in [-0.25, -0.2) is 16.8 Å². The summed E-state index contributed by atoms with van der Waals surface area (Å²) in [6, 6.07) is 16.5. The number of nitrogens with zero attached hydrogens (tertiary/aromatic N) is 1. The van der Waals surface area contributed by atoms with E-state index in [0.717, 1.165) is 12.1 Å². The van der Waals surface area contributed by atoms with Gasteiger partial charge in [0.15, 0.2) is 11.5 Å². The molecule has 0 heterocycles. The maximum absolute atomic E-state index is 13.4. The molecule has 0 unspecified atom stereocenters. The topological polar surface area (TPSA) is 110 Å². The molecule has 0 bridgehead atoms. The minimum Gasteiger partial charge on any atom is -0.502 e. The van der Waals surface area contributed by atoms with Gasteiger partial charge < -0.3 is 14.6 Å². The molecule has 0 aromatic heterocycles. The number of rotatable bonds is 7. The average Bonchev–Trinajstić information content (AvgIpc) is 2.75. The van der Waals surface area contributed by atoms with Crippen LogP contribution in [0.5, 0.6) is 17.2 Å². The number of hydrogen-bond donors (Lipinski definition) is 1. The molecule has 10 heteroatoms. The number of hydrogen-bond acceptors (Lipinski definition) is 7. The number of ether oxygens (including phenoxy) is 2. The van der Waals surface area contributed by atoms with Crippen LogP contribution in [0.2, 0.25) is 0 Å². The second-order valence-corrected chi connectivity index (χ2v) is 9.84. The molecule has 158 valence electrons. The fourth-order valence-electron chi connectivity index (χ4n) is 2.77. The van der Waals surface area contributed by atoms with Crippen molar-refractivity contribution in [2.75, 3.05) is 17.9 Å². The highest BCUT2D eigenvalue weighted by atomic mass is 32.3. The Bertz CT molecular complexity index is 1150. The molecule has 0 aliphatic heterocycles. The monoisotopic (exact) mass is 449 g/mol. The summed E-state index contributed by atoms with van der Waals surface area (Å²) < 4.78 is 64.2. The van der Waals surface area contributed by atoms with Crippen LogP contribution in [0.4, 0.5) is 5.69 Å². The van der Waals surface area contributed by atoms with Crippen LogP contribution >= 0.6 is 0 Å². The van der Waals surface area contributed by atoms with Gasteiger partial charge in [-0.3, -0.25) is 0 Å². The standard InChI is InChI=1S/C20H19NO7S2/c1-27-18-13-15(14-19(28-2)20(18)22)21(29(23,24)16-9-5-3-6-10-16)30(25,26)17-11-7-4-8-12-17/h3-14,22H,1-2H3. The normalized spacial score (nSPS) is 11.7. The van der Waals surface area contributed by atoms with E-state index in [0.29, 0.717) is 3.71 Å². The highest BCUT2D eigenvalue weighted by Gasteiger charge is 2.38. The van der Waals surface area contributed by atoms with E-state index in [1.807, 2.05) is 0 Å². The Morgan fingerprint density at radius 1 is 0.700 bits per heavy atom. The molecular weight excluding hydrogens is 430 g/mol. The van der Waals surface area contributed by atoms with E-state index in [4.69, 9.17) is 9.47 Å². The quantitative estimate of drug-likeness (QED) is 0.590. The Labute approximate surface area is 175 Å². The van der Waals surface area contributed by atoms with Crippen molar-refractivity contribution in [1.82, 2.24) is 0 Å². The third kappa shape index (κ3) is 3.79. The van der Waals surface area contributed by atoms with Crippen LogP contribution in [-0.4, -0.2) is 36.2 Å². The smallest absolute Gasteiger partial charge is 0.277 e. The number of sulfonamides is 2. The molecule has 3 rings (SSSR count). The van der Waals surface area contributed by atoms with E-state index >= 15 is 0 Å². The predicted octanol–water partition coefficient (Wildman–Crippen LogP) is 2.99. The van der Waals surface area contributed by atoms with Gasteiger partial charge in [-0.2, -0.15) is 3.71 Å². The van der Waals surface area contributed by atoms with Crippen molar-refractivity contribution in [3.05, 3.63) is 72.8 Å². The first-order valence-corrected chi connectivity index (χ1v) is 11.5. The molecule has 0 atom stereocenters. The van der Waals surface area contributed by atoms with Crippen LogP contribution < -0.4 is 13.2 Å². The number of anilines is 1. The second kappa shape index (κ2) is 8.25. The van der Waals surface area contributed by atoms with Gasteiger partial charge in [0.1, 0.15) is 0 Å². The second-order valence-electron chi connectivity index (χ2n) is 6.03. The zero-order chi connectivity index (χ0) is 21.9. The lowest BCUT2D eigenvalue weighted by molar-refractivity contribution is 0.340. The third-order valence-electron chi connectivity index (χ3n) is 4.19. The van der Waals surface area contributed by atoms with Gasteiger partial charge in [0.05, 0.1) is 29.7 Å². The Morgan fingerprint density at radius 2 is 1.07 bits per heavy atom. The summed E-state index contributed by atoms with van der Waals surface area (Å²) in [5, 5.41) is 10.2. The number of phenols is 1. The van der Waals surface area contributed by atoms with Crippen molar-refractivity contribution in [2.24, 2.45) is 0 Å². The first-order chi connectivity index (χ1) is 14.2. The molecule has 30 heavy (non-hydrogen) atoms. The number of benzene rings is 3. The fourth-order valence-corrected chi connectivity index (χ4v) is 6.47. The van der Waals surface area contributed by atoms with Crippen LogP contribution in [0.25, 0.3) is 0 Å². The van der Waals surface area contributed by atoms with E-state index < -0.39 is 25.8 Å². The number of phenolic OH excluding ortho intramolecular Hbond substituents is 1. The summed E-state index contributed by atoms with van der Waals surface area (Å²) in [6.45, 7) is 0. The van der Waals surface area contributed by atoms with E-state index in [2.05, 4.69) is 0 Å². The van der Waals surface area contributed by atoms with Crippen molar-refractivity contribution in [2.45, 2.75) is 9.79 Å². The first-order valence-electron chi connectivity index (χ1n) is 8.59. The molecule has 0 saturated heterocycles. The predicted molar refractivity (Wildman–Crippen MR) is 111 cm³/mol. The summed E-state index contributed by atoms with van der Waals surface area (Å²) >= 11 is 0. The van der Waals surface area contributed by atoms with Crippen LogP contribution in [0.3, 0.4) is 0 Å². The van der Waals surface area contributed by atoms with Crippen LogP contribution in [0.1, 0.15) is 0 Å². The molecule has 0 saturated carbocycles. The minimum absolute atomic E-state index is 0.152. The van der Waals surface area contributed by atoms with Gasteiger partial charge in [-0.15, -0.1) is 0 Å². The highest BCUT2D eigenvalue weighted by molar-refractivity contribution is 8.10. The molecule has 0 radical (unpaired) electrons. The Kier molecular flexibility index (Phi) is 5.90. The molecule has 8 nitrogen and oxygen atoms in total. The summed E-state index contributed by atoms with van der Waals surface area (Å²) in [4.78, 5) is -0.453. The van der Waals surface area contributed by atoms with Gasteiger partial charge in [-0.1, -0.05) is 36.4 Å². The largest absolute Gasteiger partial charge is 0.502 e. The summed E-state index contributed by atoms with van der Waals surface area (Å²) in [7, 11) is -6.64. The van der Waals surface area contributed by atoms with Crippen LogP contribution in [-0.2, 0) is 20.0 Å². The van der Waals surface area contributed by atoms with E-state index in [1.54, 1.807) is 12.1 Å². The Balaban J connectivity index is 2.35. The van der Waals surface area contributed by atoms with Gasteiger partial charge in [0.25, 0.3) is 20.0 Å². The molecule has 0 aliphatic rings. The van der Waals surface area contributed by atoms with Crippen molar-refractivity contribution < 1.29 is 31.4 Å². The zero-order valence-corrected chi connectivity index (χ0v) is 17.7. The Hall–Kier alpha value is -3.24. The lowest BCUT2D eigenvalue weighted by Crippen LogP contribution is -2.37. The van der Waals surface area contributed by atoms with Crippen molar-refractivity contribution in [3.63, 3.8) is 0 Å². The molecule has 1 N–H and O–H groups in total. The summed E-state index contributed by atoms with van der Waals surface area (Å²) in [5.74, 6) is -0.695.